The molecule has 0 fully saturated rings. The first-order valence-electron chi connectivity index (χ1n) is 6.17. The second kappa shape index (κ2) is 4.99. The van der Waals surface area contributed by atoms with Crippen molar-refractivity contribution < 1.29 is 18.8 Å². The maximum Gasteiger partial charge on any atom is 0.433 e. The number of halogens is 1. The third kappa shape index (κ3) is 2.25. The van der Waals surface area contributed by atoms with E-state index in [1.807, 2.05) is 0 Å². The van der Waals surface area contributed by atoms with Crippen LogP contribution in [-0.2, 0) is 0 Å². The van der Waals surface area contributed by atoms with Gasteiger partial charge in [0, 0.05) is 5.39 Å². The first-order chi connectivity index (χ1) is 10.1. The quantitative estimate of drug-likeness (QED) is 0.590. The smallest absolute Gasteiger partial charge is 0.403 e. The fourth-order valence-electron chi connectivity index (χ4n) is 2.26. The summed E-state index contributed by atoms with van der Waals surface area (Å²) in [6, 6.07) is 11.9. The van der Waals surface area contributed by atoms with Gasteiger partial charge >= 0.3 is 5.88 Å². The third-order valence-electron chi connectivity index (χ3n) is 3.26. The predicted molar refractivity (Wildman–Crippen MR) is 73.3 cm³/mol. The molecule has 6 heteroatoms. The number of hydrogen-bond acceptors (Lipinski definition) is 4. The van der Waals surface area contributed by atoms with Gasteiger partial charge in [-0.05, 0) is 23.1 Å². The Kier molecular flexibility index (Phi) is 3.15. The summed E-state index contributed by atoms with van der Waals surface area (Å²) in [6.07, 6.45) is -1.20. The van der Waals surface area contributed by atoms with Crippen LogP contribution >= 0.6 is 0 Å². The van der Waals surface area contributed by atoms with Crippen molar-refractivity contribution >= 4 is 16.7 Å². The molecule has 0 aliphatic heterocycles. The first-order valence-corrected chi connectivity index (χ1v) is 6.17. The molecule has 0 aliphatic rings. The summed E-state index contributed by atoms with van der Waals surface area (Å²) >= 11 is 0. The third-order valence-corrected chi connectivity index (χ3v) is 3.26. The number of aliphatic hydroxyl groups excluding tert-OH is 1. The molecule has 0 bridgehead atoms. The largest absolute Gasteiger partial charge is 0.433 e. The van der Waals surface area contributed by atoms with Crippen molar-refractivity contribution in [2.24, 2.45) is 0 Å². The zero-order chi connectivity index (χ0) is 15.0. The molecule has 0 aliphatic carbocycles. The Hall–Kier alpha value is -2.73. The fourth-order valence-corrected chi connectivity index (χ4v) is 2.26. The minimum absolute atomic E-state index is 0.0402. The summed E-state index contributed by atoms with van der Waals surface area (Å²) < 4.78 is 18.7. The molecule has 1 atom stereocenters. The van der Waals surface area contributed by atoms with Crippen LogP contribution in [0.2, 0.25) is 0 Å². The normalized spacial score (nSPS) is 12.5. The van der Waals surface area contributed by atoms with E-state index in [1.54, 1.807) is 24.3 Å². The van der Waals surface area contributed by atoms with Crippen LogP contribution in [0.1, 0.15) is 17.4 Å². The van der Waals surface area contributed by atoms with E-state index in [0.29, 0.717) is 16.3 Å². The first kappa shape index (κ1) is 13.3. The summed E-state index contributed by atoms with van der Waals surface area (Å²) in [7, 11) is 0. The molecule has 0 saturated heterocycles. The lowest BCUT2D eigenvalue weighted by Gasteiger charge is -2.11. The van der Waals surface area contributed by atoms with Crippen LogP contribution < -0.4 is 0 Å². The van der Waals surface area contributed by atoms with Crippen LogP contribution in [0.4, 0.5) is 10.3 Å². The highest BCUT2D eigenvalue weighted by Gasteiger charge is 2.21. The maximum atomic E-state index is 13.7. The van der Waals surface area contributed by atoms with Crippen LogP contribution in [0.15, 0.2) is 52.9 Å². The van der Waals surface area contributed by atoms with E-state index < -0.39 is 22.7 Å². The Labute approximate surface area is 118 Å². The zero-order valence-electron chi connectivity index (χ0n) is 10.7. The van der Waals surface area contributed by atoms with Crippen molar-refractivity contribution in [3.63, 3.8) is 0 Å². The van der Waals surface area contributed by atoms with Crippen molar-refractivity contribution in [3.8, 4) is 0 Å². The number of nitro groups is 1. The van der Waals surface area contributed by atoms with Gasteiger partial charge in [0.15, 0.2) is 0 Å². The van der Waals surface area contributed by atoms with E-state index in [9.17, 15) is 19.6 Å². The number of hydrogen-bond donors (Lipinski definition) is 1. The SMILES string of the molecule is O=[N+]([O-])c1ccc(C(O)c2ccc(F)c3ccccc23)o1. The standard InChI is InChI=1S/C15H10FNO4/c16-12-6-5-11(9-3-1-2-4-10(9)12)15(18)13-7-8-14(21-13)17(19)20/h1-8,15,18H. The molecule has 1 heterocycles. The number of rotatable bonds is 3. The molecule has 0 amide bonds. The van der Waals surface area contributed by atoms with Gasteiger partial charge in [0.05, 0.1) is 6.07 Å². The number of benzene rings is 2. The van der Waals surface area contributed by atoms with Gasteiger partial charge in [-0.2, -0.15) is 0 Å². The number of aliphatic hydroxyl groups is 1. The highest BCUT2D eigenvalue weighted by Crippen LogP contribution is 2.32. The molecule has 2 aromatic carbocycles. The molecule has 3 aromatic rings. The summed E-state index contributed by atoms with van der Waals surface area (Å²) in [4.78, 5) is 9.93. The molecule has 1 aromatic heterocycles. The monoisotopic (exact) mass is 287 g/mol. The van der Waals surface area contributed by atoms with Gasteiger partial charge in [-0.3, -0.25) is 10.1 Å². The maximum absolute atomic E-state index is 13.7. The molecular weight excluding hydrogens is 277 g/mol. The van der Waals surface area contributed by atoms with E-state index in [-0.39, 0.29) is 5.76 Å². The molecule has 106 valence electrons. The van der Waals surface area contributed by atoms with E-state index in [2.05, 4.69) is 0 Å². The Bertz CT molecular complexity index is 827. The molecule has 1 unspecified atom stereocenters. The van der Waals surface area contributed by atoms with Gasteiger partial charge in [0.1, 0.15) is 22.6 Å². The van der Waals surface area contributed by atoms with Crippen LogP contribution in [0.25, 0.3) is 10.8 Å². The zero-order valence-corrected chi connectivity index (χ0v) is 10.7. The number of fused-ring (bicyclic) bond motifs is 1. The summed E-state index contributed by atoms with van der Waals surface area (Å²) in [5, 5.41) is 21.9. The molecule has 0 spiro atoms. The molecule has 3 rings (SSSR count). The van der Waals surface area contributed by atoms with Crippen molar-refractivity contribution in [3.05, 3.63) is 75.8 Å². The summed E-state index contributed by atoms with van der Waals surface area (Å²) in [5.41, 5.74) is 0.427. The van der Waals surface area contributed by atoms with Gasteiger partial charge < -0.3 is 9.52 Å². The second-order valence-corrected chi connectivity index (χ2v) is 4.52. The van der Waals surface area contributed by atoms with E-state index in [4.69, 9.17) is 4.42 Å². The van der Waals surface area contributed by atoms with Crippen LogP contribution in [0.3, 0.4) is 0 Å². The number of nitrogens with zero attached hydrogens (tertiary/aromatic N) is 1. The van der Waals surface area contributed by atoms with Crippen LogP contribution in [-0.4, -0.2) is 10.0 Å². The van der Waals surface area contributed by atoms with Gasteiger partial charge in [-0.15, -0.1) is 0 Å². The Morgan fingerprint density at radius 2 is 1.81 bits per heavy atom. The second-order valence-electron chi connectivity index (χ2n) is 4.52. The van der Waals surface area contributed by atoms with Gasteiger partial charge in [-0.1, -0.05) is 30.3 Å². The number of furan rings is 1. The van der Waals surface area contributed by atoms with Crippen molar-refractivity contribution in [2.45, 2.75) is 6.10 Å². The summed E-state index contributed by atoms with van der Waals surface area (Å²) in [6.45, 7) is 0. The van der Waals surface area contributed by atoms with Crippen molar-refractivity contribution in [1.29, 1.82) is 0 Å². The van der Waals surface area contributed by atoms with Gasteiger partial charge in [-0.25, -0.2) is 4.39 Å². The van der Waals surface area contributed by atoms with E-state index >= 15 is 0 Å². The molecule has 21 heavy (non-hydrogen) atoms. The highest BCUT2D eigenvalue weighted by atomic mass is 19.1. The highest BCUT2D eigenvalue weighted by molar-refractivity contribution is 5.86. The lowest BCUT2D eigenvalue weighted by Crippen LogP contribution is -2.00. The minimum Gasteiger partial charge on any atom is -0.403 e. The molecular formula is C15H10FNO4. The average molecular weight is 287 g/mol. The fraction of sp³-hybridized carbons (Fsp3) is 0.0667. The van der Waals surface area contributed by atoms with Crippen molar-refractivity contribution in [1.82, 2.24) is 0 Å². The molecule has 5 nitrogen and oxygen atoms in total. The Balaban J connectivity index is 2.11. The Morgan fingerprint density at radius 1 is 1.10 bits per heavy atom. The van der Waals surface area contributed by atoms with E-state index in [1.165, 1.54) is 24.3 Å². The van der Waals surface area contributed by atoms with Gasteiger partial charge in [0.25, 0.3) is 0 Å². The van der Waals surface area contributed by atoms with Crippen LogP contribution in [0, 0.1) is 15.9 Å². The molecule has 0 saturated carbocycles. The molecule has 1 N–H and O–H groups in total. The van der Waals surface area contributed by atoms with Crippen molar-refractivity contribution in [2.75, 3.05) is 0 Å². The minimum atomic E-state index is -1.20. The lowest BCUT2D eigenvalue weighted by atomic mass is 9.99. The average Bonchev–Trinajstić information content (AvgIpc) is 2.97. The van der Waals surface area contributed by atoms with Crippen LogP contribution in [0.5, 0.6) is 0 Å². The lowest BCUT2D eigenvalue weighted by molar-refractivity contribution is -0.402. The summed E-state index contributed by atoms with van der Waals surface area (Å²) in [5.74, 6) is -0.805. The van der Waals surface area contributed by atoms with Gasteiger partial charge in [0.2, 0.25) is 0 Å². The predicted octanol–water partition coefficient (Wildman–Crippen LogP) is 3.56. The topological polar surface area (TPSA) is 76.5 Å². The molecule has 0 radical (unpaired) electrons. The Morgan fingerprint density at radius 3 is 2.48 bits per heavy atom. The van der Waals surface area contributed by atoms with E-state index in [0.717, 1.165) is 0 Å².